The number of nitrogens with one attached hydrogen (secondary N) is 1. The molecule has 0 aliphatic rings. The molecule has 0 aliphatic heterocycles. The van der Waals surface area contributed by atoms with Crippen LogP contribution in [0.15, 0.2) is 29.4 Å². The van der Waals surface area contributed by atoms with Crippen molar-refractivity contribution in [1.82, 2.24) is 20.6 Å². The molecule has 2 rings (SSSR count). The second-order valence-corrected chi connectivity index (χ2v) is 3.04. The van der Waals surface area contributed by atoms with Crippen LogP contribution in [0.3, 0.4) is 0 Å². The number of benzene rings is 1. The second kappa shape index (κ2) is 4.52. The standard InChI is InChI=1S/C8H6ClN6/c9-7-3-1-6(2-4-7)5-10-11-8-12-14-15-13-8/h1-5H,(H-,11,12,13,14,15)/q-1/b10-5-. The van der Waals surface area contributed by atoms with Crippen LogP contribution in [-0.4, -0.2) is 26.8 Å². The van der Waals surface area contributed by atoms with Crippen LogP contribution in [0.2, 0.25) is 5.02 Å². The quantitative estimate of drug-likeness (QED) is 0.635. The predicted molar refractivity (Wildman–Crippen MR) is 56.2 cm³/mol. The minimum absolute atomic E-state index is 0.195. The van der Waals surface area contributed by atoms with Gasteiger partial charge in [0.1, 0.15) is 0 Å². The Morgan fingerprint density at radius 1 is 1.33 bits per heavy atom. The summed E-state index contributed by atoms with van der Waals surface area (Å²) < 4.78 is 0. The predicted octanol–water partition coefficient (Wildman–Crippen LogP) is 1.89. The molecule has 0 atom stereocenters. The van der Waals surface area contributed by atoms with Gasteiger partial charge in [-0.15, -0.1) is 5.21 Å². The lowest BCUT2D eigenvalue weighted by atomic mass is 10.2. The highest BCUT2D eigenvalue weighted by Gasteiger charge is 1.87. The summed E-state index contributed by atoms with van der Waals surface area (Å²) in [5.41, 5.74) is 4.60. The molecule has 0 bridgehead atoms. The first-order valence-electron chi connectivity index (χ1n) is 4.08. The van der Waals surface area contributed by atoms with Gasteiger partial charge in [0.2, 0.25) is 0 Å². The summed E-state index contributed by atoms with van der Waals surface area (Å²) in [6, 6.07) is 7.21. The number of aromatic nitrogens is 4. The molecule has 0 saturated heterocycles. The van der Waals surface area contributed by atoms with E-state index >= 15 is 0 Å². The maximum Gasteiger partial charge on any atom is 0.0830 e. The molecule has 2 aromatic rings. The second-order valence-electron chi connectivity index (χ2n) is 2.61. The fourth-order valence-corrected chi connectivity index (χ4v) is 1.02. The van der Waals surface area contributed by atoms with Gasteiger partial charge in [-0.25, -0.2) is 5.10 Å². The van der Waals surface area contributed by atoms with E-state index < -0.39 is 0 Å². The van der Waals surface area contributed by atoms with Gasteiger partial charge in [0.15, 0.2) is 0 Å². The van der Waals surface area contributed by atoms with E-state index in [2.05, 4.69) is 31.2 Å². The van der Waals surface area contributed by atoms with Crippen LogP contribution in [0.1, 0.15) is 5.56 Å². The molecule has 7 heteroatoms. The van der Waals surface area contributed by atoms with E-state index in [1.54, 1.807) is 18.3 Å². The number of hydrogen-bond acceptors (Lipinski definition) is 4. The Kier molecular flexibility index (Phi) is 2.89. The highest BCUT2D eigenvalue weighted by molar-refractivity contribution is 6.30. The molecule has 1 aromatic heterocycles. The number of nitrogens with zero attached hydrogens (tertiary/aromatic N) is 5. The largest absolute Gasteiger partial charge is 0.277 e. The maximum atomic E-state index is 5.73. The van der Waals surface area contributed by atoms with Gasteiger partial charge in [-0.05, 0) is 17.7 Å². The van der Waals surface area contributed by atoms with Crippen LogP contribution in [0, 0.1) is 0 Å². The number of H-pyrrole nitrogens is 1. The Labute approximate surface area is 90.3 Å². The highest BCUT2D eigenvalue weighted by Crippen LogP contribution is 2.10. The molecule has 0 amide bonds. The van der Waals surface area contributed by atoms with Crippen LogP contribution in [-0.2, 0) is 0 Å². The van der Waals surface area contributed by atoms with E-state index in [4.69, 9.17) is 11.6 Å². The SMILES string of the molecule is Clc1ccc(/C=N\[N-]c2nn[nH]n2)cc1. The third-order valence-corrected chi connectivity index (χ3v) is 1.81. The minimum atomic E-state index is 0.195. The molecule has 0 spiro atoms. The van der Waals surface area contributed by atoms with E-state index in [9.17, 15) is 0 Å². The van der Waals surface area contributed by atoms with Crippen molar-refractivity contribution in [2.75, 3.05) is 0 Å². The van der Waals surface area contributed by atoms with Gasteiger partial charge in [0.25, 0.3) is 0 Å². The van der Waals surface area contributed by atoms with Crippen molar-refractivity contribution in [3.05, 3.63) is 40.3 Å². The Morgan fingerprint density at radius 2 is 2.13 bits per heavy atom. The molecule has 0 aliphatic carbocycles. The zero-order valence-electron chi connectivity index (χ0n) is 7.50. The van der Waals surface area contributed by atoms with Crippen molar-refractivity contribution < 1.29 is 0 Å². The van der Waals surface area contributed by atoms with E-state index in [1.165, 1.54) is 0 Å². The first-order chi connectivity index (χ1) is 7.34. The summed E-state index contributed by atoms with van der Waals surface area (Å²) >= 11 is 5.73. The molecule has 0 saturated carbocycles. The molecule has 1 N–H and O–H groups in total. The molecule has 76 valence electrons. The zero-order valence-corrected chi connectivity index (χ0v) is 8.26. The Bertz CT molecular complexity index is 435. The van der Waals surface area contributed by atoms with E-state index in [0.29, 0.717) is 5.02 Å². The molecule has 6 nitrogen and oxygen atoms in total. The summed E-state index contributed by atoms with van der Waals surface area (Å²) in [4.78, 5) is 0. The lowest BCUT2D eigenvalue weighted by molar-refractivity contribution is 0.881. The summed E-state index contributed by atoms with van der Waals surface area (Å²) in [6.45, 7) is 0. The molecule has 0 unspecified atom stereocenters. The fourth-order valence-electron chi connectivity index (χ4n) is 0.895. The van der Waals surface area contributed by atoms with Gasteiger partial charge in [-0.3, -0.25) is 20.8 Å². The number of tetrazole rings is 1. The van der Waals surface area contributed by atoms with Crippen LogP contribution in [0.25, 0.3) is 5.43 Å². The number of hydrogen-bond donors (Lipinski definition) is 1. The minimum Gasteiger partial charge on any atom is -0.277 e. The Hall–Kier alpha value is -1.95. The summed E-state index contributed by atoms with van der Waals surface area (Å²) in [5, 5.41) is 17.3. The van der Waals surface area contributed by atoms with E-state index in [-0.39, 0.29) is 5.95 Å². The smallest absolute Gasteiger partial charge is 0.0830 e. The third-order valence-electron chi connectivity index (χ3n) is 1.56. The molecular formula is C8H6ClN6-. The van der Waals surface area contributed by atoms with Gasteiger partial charge in [0, 0.05) is 11.2 Å². The Balaban J connectivity index is 1.97. The number of halogens is 1. The molecule has 0 fully saturated rings. The van der Waals surface area contributed by atoms with E-state index in [0.717, 1.165) is 5.56 Å². The van der Waals surface area contributed by atoms with Gasteiger partial charge in [-0.1, -0.05) is 23.7 Å². The first-order valence-corrected chi connectivity index (χ1v) is 4.45. The first kappa shape index (κ1) is 9.60. The highest BCUT2D eigenvalue weighted by atomic mass is 35.5. The van der Waals surface area contributed by atoms with E-state index in [1.807, 2.05) is 12.1 Å². The number of rotatable bonds is 3. The molecule has 1 heterocycles. The number of aromatic amines is 1. The average Bonchev–Trinajstić information content (AvgIpc) is 2.74. The zero-order chi connectivity index (χ0) is 10.5. The van der Waals surface area contributed by atoms with Gasteiger partial charge < -0.3 is 0 Å². The average molecular weight is 222 g/mol. The molecule has 0 radical (unpaired) electrons. The van der Waals surface area contributed by atoms with Crippen molar-refractivity contribution in [2.24, 2.45) is 5.10 Å². The Morgan fingerprint density at radius 3 is 2.80 bits per heavy atom. The lowest BCUT2D eigenvalue weighted by Gasteiger charge is -1.97. The lowest BCUT2D eigenvalue weighted by Crippen LogP contribution is -1.79. The van der Waals surface area contributed by atoms with Gasteiger partial charge in [-0.2, -0.15) is 0 Å². The summed E-state index contributed by atoms with van der Waals surface area (Å²) in [7, 11) is 0. The monoisotopic (exact) mass is 221 g/mol. The normalized spacial score (nSPS) is 10.7. The van der Waals surface area contributed by atoms with Crippen LogP contribution < -0.4 is 0 Å². The van der Waals surface area contributed by atoms with Crippen LogP contribution in [0.5, 0.6) is 0 Å². The molecule has 15 heavy (non-hydrogen) atoms. The fraction of sp³-hybridized carbons (Fsp3) is 0. The van der Waals surface area contributed by atoms with Crippen molar-refractivity contribution in [3.8, 4) is 0 Å². The van der Waals surface area contributed by atoms with Crippen molar-refractivity contribution in [2.45, 2.75) is 0 Å². The topological polar surface area (TPSA) is 80.9 Å². The van der Waals surface area contributed by atoms with Crippen molar-refractivity contribution in [1.29, 1.82) is 0 Å². The van der Waals surface area contributed by atoms with Gasteiger partial charge >= 0.3 is 0 Å². The summed E-state index contributed by atoms with van der Waals surface area (Å²) in [5.74, 6) is 0.195. The van der Waals surface area contributed by atoms with Crippen LogP contribution in [0.4, 0.5) is 5.95 Å². The maximum absolute atomic E-state index is 5.73. The summed E-state index contributed by atoms with van der Waals surface area (Å²) in [6.07, 6.45) is 1.58. The third kappa shape index (κ3) is 2.75. The van der Waals surface area contributed by atoms with Gasteiger partial charge in [0.05, 0.1) is 5.95 Å². The van der Waals surface area contributed by atoms with Crippen LogP contribution >= 0.6 is 11.6 Å². The van der Waals surface area contributed by atoms with Crippen molar-refractivity contribution >= 4 is 23.8 Å². The van der Waals surface area contributed by atoms with Crippen molar-refractivity contribution in [3.63, 3.8) is 0 Å². The molecule has 1 aromatic carbocycles. The molecular weight excluding hydrogens is 216 g/mol.